The molecule has 1 saturated heterocycles. The molecule has 40 heavy (non-hydrogen) atoms. The summed E-state index contributed by atoms with van der Waals surface area (Å²) in [6.45, 7) is 9.79. The van der Waals surface area contributed by atoms with Crippen LogP contribution in [0.4, 0.5) is 16.6 Å². The van der Waals surface area contributed by atoms with Gasteiger partial charge in [-0.25, -0.2) is 9.78 Å². The molecule has 4 bridgehead atoms. The van der Waals surface area contributed by atoms with Crippen molar-refractivity contribution < 1.29 is 14.3 Å². The molecule has 3 atom stereocenters. The molecule has 0 spiro atoms. The minimum absolute atomic E-state index is 0.00195. The summed E-state index contributed by atoms with van der Waals surface area (Å²) in [6.07, 6.45) is 9.72. The molecule has 1 aromatic heterocycles. The zero-order chi connectivity index (χ0) is 27.6. The Bertz CT molecular complexity index is 1240. The number of aromatic nitrogens is 2. The van der Waals surface area contributed by atoms with Crippen LogP contribution in [0.3, 0.4) is 0 Å². The Hall–Kier alpha value is -3.46. The highest BCUT2D eigenvalue weighted by Gasteiger charge is 2.36. The molecule has 2 amide bonds. The lowest BCUT2D eigenvalue weighted by atomic mass is 9.86. The highest BCUT2D eigenvalue weighted by molar-refractivity contribution is 5.89. The van der Waals surface area contributed by atoms with Gasteiger partial charge in [-0.3, -0.25) is 14.6 Å². The lowest BCUT2D eigenvalue weighted by molar-refractivity contribution is -0.128. The quantitative estimate of drug-likeness (QED) is 0.539. The molecule has 9 heteroatoms. The van der Waals surface area contributed by atoms with Crippen molar-refractivity contribution in [3.05, 3.63) is 59.8 Å². The second-order valence-corrected chi connectivity index (χ2v) is 11.7. The average molecular weight is 545 g/mol. The molecule has 2 fully saturated rings. The van der Waals surface area contributed by atoms with Gasteiger partial charge in [-0.15, -0.1) is 0 Å². The van der Waals surface area contributed by atoms with Gasteiger partial charge in [0.25, 0.3) is 0 Å². The molecule has 1 aliphatic carbocycles. The highest BCUT2D eigenvalue weighted by atomic mass is 16.6. The Morgan fingerprint density at radius 1 is 1.02 bits per heavy atom. The van der Waals surface area contributed by atoms with Gasteiger partial charge < -0.3 is 15.0 Å². The van der Waals surface area contributed by atoms with E-state index >= 15 is 0 Å². The van der Waals surface area contributed by atoms with Crippen molar-refractivity contribution >= 4 is 23.8 Å². The van der Waals surface area contributed by atoms with Crippen molar-refractivity contribution in [2.45, 2.75) is 64.1 Å². The van der Waals surface area contributed by atoms with Crippen LogP contribution in [0.1, 0.15) is 74.2 Å². The van der Waals surface area contributed by atoms with E-state index in [4.69, 9.17) is 9.72 Å². The smallest absolute Gasteiger partial charge is 0.415 e. The number of carbonyl (C=O) groups excluding carboxylic acids is 2. The molecule has 0 radical (unpaired) electrons. The number of nitrogens with zero attached hydrogens (tertiary/aromatic N) is 5. The van der Waals surface area contributed by atoms with E-state index in [9.17, 15) is 9.59 Å². The number of rotatable bonds is 3. The van der Waals surface area contributed by atoms with E-state index in [1.807, 2.05) is 4.90 Å². The number of fused-ring (bicyclic) bond motifs is 9. The summed E-state index contributed by atoms with van der Waals surface area (Å²) in [5.41, 5.74) is 3.34. The molecule has 5 aliphatic rings. The first-order valence-corrected chi connectivity index (χ1v) is 14.8. The summed E-state index contributed by atoms with van der Waals surface area (Å²) in [6, 6.07) is 9.31. The van der Waals surface area contributed by atoms with Crippen molar-refractivity contribution in [1.82, 2.24) is 19.8 Å². The van der Waals surface area contributed by atoms with Crippen LogP contribution in [0, 0.1) is 11.8 Å². The molecule has 212 valence electrons. The molecule has 2 unspecified atom stereocenters. The van der Waals surface area contributed by atoms with Crippen LogP contribution in [0.15, 0.2) is 43.1 Å². The molecule has 1 N–H and O–H groups in total. The summed E-state index contributed by atoms with van der Waals surface area (Å²) in [5.74, 6) is 2.62. The monoisotopic (exact) mass is 544 g/mol. The number of benzene rings is 1. The molecular formula is C31H40N6O3. The Morgan fingerprint density at radius 2 is 1.77 bits per heavy atom. The molecule has 1 aromatic carbocycles. The fourth-order valence-corrected chi connectivity index (χ4v) is 6.54. The van der Waals surface area contributed by atoms with Crippen LogP contribution in [0.25, 0.3) is 0 Å². The number of cyclic esters (lactones) is 1. The molecule has 1 saturated carbocycles. The van der Waals surface area contributed by atoms with Gasteiger partial charge in [0.05, 0.1) is 11.6 Å². The minimum atomic E-state index is -0.328. The number of anilines is 2. The van der Waals surface area contributed by atoms with Crippen molar-refractivity contribution in [2.75, 3.05) is 42.9 Å². The first-order chi connectivity index (χ1) is 19.5. The highest BCUT2D eigenvalue weighted by Crippen LogP contribution is 2.45. The van der Waals surface area contributed by atoms with Crippen molar-refractivity contribution in [1.29, 1.82) is 0 Å². The zero-order valence-corrected chi connectivity index (χ0v) is 23.4. The maximum absolute atomic E-state index is 12.7. The van der Waals surface area contributed by atoms with Crippen LogP contribution < -0.4 is 10.2 Å². The van der Waals surface area contributed by atoms with Crippen LogP contribution in [-0.2, 0) is 16.1 Å². The topological polar surface area (TPSA) is 90.9 Å². The Morgan fingerprint density at radius 3 is 2.50 bits per heavy atom. The van der Waals surface area contributed by atoms with Gasteiger partial charge in [-0.2, -0.15) is 4.98 Å². The van der Waals surface area contributed by atoms with E-state index in [2.05, 4.69) is 53.0 Å². The molecule has 9 nitrogen and oxygen atoms in total. The van der Waals surface area contributed by atoms with Crippen LogP contribution >= 0.6 is 0 Å². The third-order valence-electron chi connectivity index (χ3n) is 9.10. The Balaban J connectivity index is 1.28. The van der Waals surface area contributed by atoms with Crippen molar-refractivity contribution in [3.63, 3.8) is 0 Å². The third-order valence-corrected chi connectivity index (χ3v) is 9.10. The molecule has 2 aromatic rings. The van der Waals surface area contributed by atoms with E-state index in [0.717, 1.165) is 68.9 Å². The first-order valence-electron chi connectivity index (χ1n) is 14.8. The molecular weight excluding hydrogens is 504 g/mol. The number of hydrogen-bond donors (Lipinski definition) is 1. The number of hydrogen-bond acceptors (Lipinski definition) is 7. The second kappa shape index (κ2) is 11.6. The molecule has 4 aliphatic heterocycles. The number of nitrogens with one attached hydrogen (secondary N) is 1. The normalized spacial score (nSPS) is 26.0. The van der Waals surface area contributed by atoms with Gasteiger partial charge in [0.15, 0.2) is 0 Å². The van der Waals surface area contributed by atoms with E-state index in [0.29, 0.717) is 30.3 Å². The summed E-state index contributed by atoms with van der Waals surface area (Å²) in [7, 11) is 0. The van der Waals surface area contributed by atoms with Gasteiger partial charge in [0.2, 0.25) is 11.9 Å². The third kappa shape index (κ3) is 5.70. The van der Waals surface area contributed by atoms with E-state index in [-0.39, 0.29) is 24.6 Å². The van der Waals surface area contributed by atoms with Crippen LogP contribution in [-0.4, -0.2) is 64.5 Å². The fraction of sp³-hybridized carbons (Fsp3) is 0.548. The number of piperazine rings is 1. The predicted octanol–water partition coefficient (Wildman–Crippen LogP) is 5.08. The van der Waals surface area contributed by atoms with E-state index < -0.39 is 0 Å². The maximum Gasteiger partial charge on any atom is 0.415 e. The zero-order valence-electron chi connectivity index (χ0n) is 23.4. The average Bonchev–Trinajstić information content (AvgIpc) is 3.83. The van der Waals surface area contributed by atoms with Gasteiger partial charge in [-0.1, -0.05) is 43.7 Å². The summed E-state index contributed by atoms with van der Waals surface area (Å²) in [5, 5.41) is 3.43. The van der Waals surface area contributed by atoms with Gasteiger partial charge >= 0.3 is 6.09 Å². The number of carbonyl (C=O) groups is 2. The summed E-state index contributed by atoms with van der Waals surface area (Å²) >= 11 is 0. The van der Waals surface area contributed by atoms with E-state index in [1.165, 1.54) is 24.5 Å². The Kier molecular flexibility index (Phi) is 7.74. The Labute approximate surface area is 236 Å². The van der Waals surface area contributed by atoms with Crippen LogP contribution in [0.5, 0.6) is 0 Å². The fourth-order valence-electron chi connectivity index (χ4n) is 6.54. The van der Waals surface area contributed by atoms with Gasteiger partial charge in [-0.05, 0) is 61.6 Å². The second-order valence-electron chi connectivity index (χ2n) is 11.7. The van der Waals surface area contributed by atoms with Crippen molar-refractivity contribution in [2.24, 2.45) is 11.8 Å². The summed E-state index contributed by atoms with van der Waals surface area (Å²) in [4.78, 5) is 40.4. The predicted molar refractivity (Wildman–Crippen MR) is 154 cm³/mol. The first kappa shape index (κ1) is 26.7. The van der Waals surface area contributed by atoms with Gasteiger partial charge in [0.1, 0.15) is 12.4 Å². The van der Waals surface area contributed by atoms with Gasteiger partial charge in [0, 0.05) is 45.0 Å². The van der Waals surface area contributed by atoms with E-state index in [1.54, 1.807) is 11.1 Å². The standard InChI is InChI=1S/C31H40N6O3/c1-3-28(38)36-16-14-35(15-17-36)27-18-25(23-9-10-23)6-4-5-13-37-29-26(20-40-31(37)39)19-32-30(34-29)33-21(2)22-7-11-24(27)12-8-22/h3,7-8,11-12,19,21,23,25,27H,1,4-6,9-10,13-18,20H2,2H3,(H,32,33,34)/t21-,25?,27?/m0/s1. The number of ether oxygens (including phenoxy) is 1. The largest absolute Gasteiger partial charge is 0.444 e. The lowest BCUT2D eigenvalue weighted by Gasteiger charge is -2.40. The maximum atomic E-state index is 12.7. The summed E-state index contributed by atoms with van der Waals surface area (Å²) < 4.78 is 5.43. The molecule has 5 heterocycles. The number of amides is 2. The molecule has 7 rings (SSSR count). The van der Waals surface area contributed by atoms with Crippen molar-refractivity contribution in [3.8, 4) is 0 Å². The SMILES string of the molecule is C=CC(=O)N1CCN(C2CC(C3CC3)CCCCN3C(=O)OCc4cnc(nc43)N[C@@H](C)c3ccc2cc3)CC1. The van der Waals surface area contributed by atoms with Crippen LogP contribution in [0.2, 0.25) is 0 Å². The lowest BCUT2D eigenvalue weighted by Crippen LogP contribution is -2.49. The minimum Gasteiger partial charge on any atom is -0.444 e.